The topological polar surface area (TPSA) is 42.4 Å². The van der Waals surface area contributed by atoms with E-state index in [4.69, 9.17) is 12.7 Å². The Kier molecular flexibility index (Phi) is 1.72. The summed E-state index contributed by atoms with van der Waals surface area (Å²) in [6.45, 7) is 1.89. The van der Waals surface area contributed by atoms with E-state index in [-0.39, 0.29) is 12.6 Å². The third-order valence-electron chi connectivity index (χ3n) is 1.85. The predicted molar refractivity (Wildman–Crippen MR) is 46.4 cm³/mol. The molecule has 1 amide bonds. The van der Waals surface area contributed by atoms with Crippen LogP contribution >= 0.6 is 0 Å². The molecule has 13 heavy (non-hydrogen) atoms. The molecule has 0 unspecified atom stereocenters. The van der Waals surface area contributed by atoms with Crippen LogP contribution in [0.15, 0.2) is 12.3 Å². The Labute approximate surface area is 76.9 Å². The van der Waals surface area contributed by atoms with Crippen LogP contribution in [0.3, 0.4) is 0 Å². The fraction of sp³-hybridized carbons (Fsp3) is 0.250. The van der Waals surface area contributed by atoms with Gasteiger partial charge in [-0.15, -0.1) is 0 Å². The third kappa shape index (κ3) is 1.26. The molecule has 5 heteroatoms. The molecule has 4 nitrogen and oxygen atoms in total. The molecule has 0 N–H and O–H groups in total. The molecular formula is C8H7BN2O2. The van der Waals surface area contributed by atoms with Gasteiger partial charge in [-0.1, -0.05) is 0 Å². The molecule has 0 aliphatic carbocycles. The lowest BCUT2D eigenvalue weighted by Crippen LogP contribution is -2.36. The molecule has 64 valence electrons. The van der Waals surface area contributed by atoms with E-state index >= 15 is 0 Å². The summed E-state index contributed by atoms with van der Waals surface area (Å²) in [6.07, 6.45) is 1.54. The zero-order chi connectivity index (χ0) is 9.42. The number of amides is 1. The number of carbonyl (C=O) groups is 1. The molecular weight excluding hydrogens is 167 g/mol. The number of aromatic nitrogens is 1. The molecule has 0 saturated heterocycles. The van der Waals surface area contributed by atoms with Crippen LogP contribution < -0.4 is 4.74 Å². The fourth-order valence-electron chi connectivity index (χ4n) is 1.18. The smallest absolute Gasteiger partial charge is 0.247 e. The van der Waals surface area contributed by atoms with Crippen molar-refractivity contribution in [3.8, 4) is 5.75 Å². The van der Waals surface area contributed by atoms with E-state index in [2.05, 4.69) is 4.98 Å². The maximum atomic E-state index is 11.5. The van der Waals surface area contributed by atoms with Crippen LogP contribution in [0.25, 0.3) is 0 Å². The van der Waals surface area contributed by atoms with E-state index in [9.17, 15) is 4.79 Å². The minimum Gasteiger partial charge on any atom is -0.472 e. The fourth-order valence-corrected chi connectivity index (χ4v) is 1.18. The summed E-state index contributed by atoms with van der Waals surface area (Å²) in [7, 11) is 5.38. The van der Waals surface area contributed by atoms with Crippen LogP contribution in [-0.2, 0) is 0 Å². The summed E-state index contributed by atoms with van der Waals surface area (Å²) in [5.74, 6) is 0.268. The molecule has 0 spiro atoms. The van der Waals surface area contributed by atoms with Gasteiger partial charge in [0.1, 0.15) is 0 Å². The van der Waals surface area contributed by atoms with Gasteiger partial charge in [0.2, 0.25) is 13.9 Å². The minimum absolute atomic E-state index is 0.0799. The van der Waals surface area contributed by atoms with Crippen LogP contribution in [0.5, 0.6) is 5.75 Å². The van der Waals surface area contributed by atoms with Crippen LogP contribution in [0, 0.1) is 6.92 Å². The number of aryl methyl sites for hydroxylation is 1. The van der Waals surface area contributed by atoms with Gasteiger partial charge in [-0.2, -0.15) is 0 Å². The van der Waals surface area contributed by atoms with Crippen molar-refractivity contribution in [3.63, 3.8) is 0 Å². The molecule has 0 saturated carbocycles. The largest absolute Gasteiger partial charge is 0.472 e. The van der Waals surface area contributed by atoms with Gasteiger partial charge in [0.05, 0.1) is 11.8 Å². The lowest BCUT2D eigenvalue weighted by molar-refractivity contribution is 0.0721. The van der Waals surface area contributed by atoms with Crippen molar-refractivity contribution in [3.05, 3.63) is 23.5 Å². The molecule has 1 aliphatic heterocycles. The maximum Gasteiger partial charge on any atom is 0.247 e. The number of rotatable bonds is 0. The van der Waals surface area contributed by atoms with E-state index in [0.29, 0.717) is 11.3 Å². The summed E-state index contributed by atoms with van der Waals surface area (Å²) in [5.41, 5.74) is 1.24. The van der Waals surface area contributed by atoms with E-state index in [1.165, 1.54) is 6.20 Å². The maximum absolute atomic E-state index is 11.5. The lowest BCUT2D eigenvalue weighted by Gasteiger charge is -2.25. The second-order valence-electron chi connectivity index (χ2n) is 2.87. The molecule has 0 bridgehead atoms. The second-order valence-corrected chi connectivity index (χ2v) is 2.87. The average molecular weight is 174 g/mol. The molecule has 2 rings (SSSR count). The summed E-state index contributed by atoms with van der Waals surface area (Å²) in [6, 6.07) is 1.66. The highest BCUT2D eigenvalue weighted by Gasteiger charge is 2.22. The first-order valence-corrected chi connectivity index (χ1v) is 3.84. The number of hydrogen-bond acceptors (Lipinski definition) is 3. The highest BCUT2D eigenvalue weighted by Crippen LogP contribution is 2.23. The second kappa shape index (κ2) is 2.76. The first kappa shape index (κ1) is 8.10. The Hall–Kier alpha value is -1.52. The molecule has 2 heterocycles. The van der Waals surface area contributed by atoms with Crippen LogP contribution in [0.4, 0.5) is 0 Å². The standard InChI is InChI=1S/C8H7BN2O2/c1-5-2-6-7(3-10-5)13-4-11(9)8(6)12/h2-3H,4H2,1H3. The first-order chi connectivity index (χ1) is 6.18. The molecule has 2 radical (unpaired) electrons. The van der Waals surface area contributed by atoms with Crippen molar-refractivity contribution in [2.45, 2.75) is 6.92 Å². The Morgan fingerprint density at radius 3 is 3.23 bits per heavy atom. The quantitative estimate of drug-likeness (QED) is 0.530. The van der Waals surface area contributed by atoms with Crippen LogP contribution in [-0.4, -0.2) is 30.4 Å². The van der Waals surface area contributed by atoms with Crippen molar-refractivity contribution < 1.29 is 9.53 Å². The lowest BCUT2D eigenvalue weighted by atomic mass is 10.1. The average Bonchev–Trinajstić information content (AvgIpc) is 2.12. The van der Waals surface area contributed by atoms with E-state index < -0.39 is 0 Å². The van der Waals surface area contributed by atoms with Gasteiger partial charge in [0, 0.05) is 5.69 Å². The zero-order valence-electron chi connectivity index (χ0n) is 7.15. The van der Waals surface area contributed by atoms with Gasteiger partial charge in [0.25, 0.3) is 0 Å². The predicted octanol–water partition coefficient (Wildman–Crippen LogP) is 0.266. The highest BCUT2D eigenvalue weighted by atomic mass is 16.5. The molecule has 1 aromatic heterocycles. The number of fused-ring (bicyclic) bond motifs is 1. The van der Waals surface area contributed by atoms with Crippen LogP contribution in [0.1, 0.15) is 16.1 Å². The van der Waals surface area contributed by atoms with Crippen molar-refractivity contribution in [2.24, 2.45) is 0 Å². The SMILES string of the molecule is [B]N1COc2cnc(C)cc2C1=O. The summed E-state index contributed by atoms with van der Waals surface area (Å²) in [5, 5.41) is 0. The van der Waals surface area contributed by atoms with Gasteiger partial charge in [-0.3, -0.25) is 9.78 Å². The number of hydrogen-bond donors (Lipinski definition) is 0. The van der Waals surface area contributed by atoms with E-state index in [1.807, 2.05) is 6.92 Å². The molecule has 1 aliphatic rings. The van der Waals surface area contributed by atoms with Crippen LogP contribution in [0.2, 0.25) is 0 Å². The van der Waals surface area contributed by atoms with Gasteiger partial charge in [0.15, 0.2) is 12.5 Å². The summed E-state index contributed by atoms with van der Waals surface area (Å²) in [4.78, 5) is 16.5. The zero-order valence-corrected chi connectivity index (χ0v) is 7.15. The first-order valence-electron chi connectivity index (χ1n) is 3.84. The van der Waals surface area contributed by atoms with Gasteiger partial charge in [-0.05, 0) is 13.0 Å². The van der Waals surface area contributed by atoms with E-state index in [1.54, 1.807) is 6.07 Å². The molecule has 0 atom stereocenters. The number of nitrogens with zero attached hydrogens (tertiary/aromatic N) is 2. The number of ether oxygens (including phenoxy) is 1. The normalized spacial score (nSPS) is 15.2. The number of pyridine rings is 1. The molecule has 0 aromatic carbocycles. The van der Waals surface area contributed by atoms with Crippen molar-refractivity contribution in [2.75, 3.05) is 6.73 Å². The van der Waals surface area contributed by atoms with E-state index in [0.717, 1.165) is 10.5 Å². The van der Waals surface area contributed by atoms with Crippen molar-refractivity contribution in [1.29, 1.82) is 0 Å². The van der Waals surface area contributed by atoms with Gasteiger partial charge < -0.3 is 9.55 Å². The van der Waals surface area contributed by atoms with Crippen molar-refractivity contribution >= 4 is 13.9 Å². The Morgan fingerprint density at radius 2 is 2.46 bits per heavy atom. The molecule has 1 aromatic rings. The Balaban J connectivity index is 2.51. The van der Waals surface area contributed by atoms with Gasteiger partial charge in [-0.25, -0.2) is 0 Å². The monoisotopic (exact) mass is 174 g/mol. The highest BCUT2D eigenvalue weighted by molar-refractivity contribution is 6.19. The minimum atomic E-state index is -0.230. The number of carbonyl (C=O) groups excluding carboxylic acids is 1. The summed E-state index contributed by atoms with van der Waals surface area (Å²) < 4.78 is 5.18. The van der Waals surface area contributed by atoms with Gasteiger partial charge >= 0.3 is 0 Å². The third-order valence-corrected chi connectivity index (χ3v) is 1.85. The Morgan fingerprint density at radius 1 is 1.69 bits per heavy atom. The Bertz CT molecular complexity index is 367. The summed E-state index contributed by atoms with van der Waals surface area (Å²) >= 11 is 0. The molecule has 0 fully saturated rings. The van der Waals surface area contributed by atoms with Crippen molar-refractivity contribution in [1.82, 2.24) is 9.79 Å².